The molecule has 0 atom stereocenters. The summed E-state index contributed by atoms with van der Waals surface area (Å²) in [6.07, 6.45) is 3.55. The summed E-state index contributed by atoms with van der Waals surface area (Å²) in [5.41, 5.74) is 2.78. The summed E-state index contributed by atoms with van der Waals surface area (Å²) in [5.74, 6) is 0. The van der Waals surface area contributed by atoms with Gasteiger partial charge in [-0.3, -0.25) is 4.98 Å². The minimum Gasteiger partial charge on any atom is -0.358 e. The monoisotopic (exact) mass is 268 g/mol. The molecule has 0 fully saturated rings. The summed E-state index contributed by atoms with van der Waals surface area (Å²) in [6, 6.07) is 3.95. The zero-order chi connectivity index (χ0) is 11.1. The van der Waals surface area contributed by atoms with E-state index in [1.807, 2.05) is 23.7 Å². The van der Waals surface area contributed by atoms with Crippen molar-refractivity contribution in [1.82, 2.24) is 9.97 Å². The lowest BCUT2D eigenvalue weighted by Crippen LogP contribution is -1.78. The normalized spacial score (nSPS) is 11.1. The van der Waals surface area contributed by atoms with Crippen molar-refractivity contribution in [2.24, 2.45) is 0 Å². The molecule has 0 amide bonds. The molecule has 0 saturated carbocycles. The maximum Gasteiger partial charge on any atom is 0.107 e. The van der Waals surface area contributed by atoms with E-state index in [0.29, 0.717) is 5.02 Å². The van der Waals surface area contributed by atoms with Gasteiger partial charge in [-0.15, -0.1) is 11.3 Å². The van der Waals surface area contributed by atoms with Crippen LogP contribution >= 0.6 is 34.5 Å². The Kier molecular flexibility index (Phi) is 2.39. The van der Waals surface area contributed by atoms with E-state index in [9.17, 15) is 0 Å². The van der Waals surface area contributed by atoms with E-state index in [1.165, 1.54) is 0 Å². The second-order valence-corrected chi connectivity index (χ2v) is 5.14. The van der Waals surface area contributed by atoms with Crippen LogP contribution in [-0.2, 0) is 0 Å². The van der Waals surface area contributed by atoms with Crippen LogP contribution in [0.25, 0.3) is 21.5 Å². The first kappa shape index (κ1) is 10.1. The van der Waals surface area contributed by atoms with Crippen LogP contribution in [0.3, 0.4) is 0 Å². The third kappa shape index (κ3) is 1.61. The summed E-state index contributed by atoms with van der Waals surface area (Å²) in [7, 11) is 0. The third-order valence-corrected chi connectivity index (χ3v) is 3.94. The molecule has 0 bridgehead atoms. The molecule has 5 heteroatoms. The predicted molar refractivity (Wildman–Crippen MR) is 69.4 cm³/mol. The number of aromatic nitrogens is 2. The van der Waals surface area contributed by atoms with Gasteiger partial charge in [0.1, 0.15) is 5.52 Å². The highest BCUT2D eigenvalue weighted by Crippen LogP contribution is 2.31. The Labute approximate surface area is 106 Å². The first-order valence-corrected chi connectivity index (χ1v) is 6.24. The highest BCUT2D eigenvalue weighted by Gasteiger charge is 2.06. The van der Waals surface area contributed by atoms with Gasteiger partial charge < -0.3 is 4.98 Å². The second kappa shape index (κ2) is 3.77. The van der Waals surface area contributed by atoms with Crippen molar-refractivity contribution in [2.45, 2.75) is 0 Å². The van der Waals surface area contributed by atoms with Crippen molar-refractivity contribution in [1.29, 1.82) is 0 Å². The number of H-pyrrole nitrogens is 1. The van der Waals surface area contributed by atoms with E-state index in [1.54, 1.807) is 17.5 Å². The molecule has 0 aliphatic heterocycles. The lowest BCUT2D eigenvalue weighted by atomic mass is 10.2. The highest BCUT2D eigenvalue weighted by molar-refractivity contribution is 7.14. The largest absolute Gasteiger partial charge is 0.358 e. The van der Waals surface area contributed by atoms with Crippen LogP contribution in [-0.4, -0.2) is 9.97 Å². The molecule has 1 N–H and O–H groups in total. The topological polar surface area (TPSA) is 28.7 Å². The predicted octanol–water partition coefficient (Wildman–Crippen LogP) is 4.60. The second-order valence-electron chi connectivity index (χ2n) is 3.39. The van der Waals surface area contributed by atoms with Crippen molar-refractivity contribution >= 4 is 45.6 Å². The number of thiophene rings is 1. The van der Waals surface area contributed by atoms with Gasteiger partial charge >= 0.3 is 0 Å². The van der Waals surface area contributed by atoms with Gasteiger partial charge in [0.2, 0.25) is 0 Å². The van der Waals surface area contributed by atoms with Crippen molar-refractivity contribution in [3.63, 3.8) is 0 Å². The van der Waals surface area contributed by atoms with E-state index in [2.05, 4.69) is 9.97 Å². The van der Waals surface area contributed by atoms with Crippen LogP contribution in [0.15, 0.2) is 29.9 Å². The van der Waals surface area contributed by atoms with E-state index >= 15 is 0 Å². The fraction of sp³-hybridized carbons (Fsp3) is 0. The average Bonchev–Trinajstić information content (AvgIpc) is 2.86. The number of rotatable bonds is 1. The number of aromatic amines is 1. The molecule has 0 aliphatic carbocycles. The minimum absolute atomic E-state index is 0.644. The average molecular weight is 269 g/mol. The molecule has 0 aliphatic rings. The van der Waals surface area contributed by atoms with Crippen molar-refractivity contribution < 1.29 is 0 Å². The van der Waals surface area contributed by atoms with E-state index < -0.39 is 0 Å². The van der Waals surface area contributed by atoms with Crippen LogP contribution in [0.4, 0.5) is 0 Å². The van der Waals surface area contributed by atoms with E-state index in [4.69, 9.17) is 23.2 Å². The van der Waals surface area contributed by atoms with Crippen molar-refractivity contribution in [3.8, 4) is 10.4 Å². The summed E-state index contributed by atoms with van der Waals surface area (Å²) < 4.78 is 0. The van der Waals surface area contributed by atoms with Gasteiger partial charge in [0.05, 0.1) is 15.6 Å². The molecule has 2 nitrogen and oxygen atoms in total. The van der Waals surface area contributed by atoms with E-state index in [0.717, 1.165) is 26.5 Å². The molecule has 0 saturated heterocycles. The fourth-order valence-corrected chi connectivity index (χ4v) is 2.84. The van der Waals surface area contributed by atoms with Gasteiger partial charge in [0.15, 0.2) is 0 Å². The summed E-state index contributed by atoms with van der Waals surface area (Å²) in [4.78, 5) is 8.51. The molecule has 0 spiro atoms. The first-order chi connectivity index (χ1) is 7.74. The molecular formula is C11H6Cl2N2S. The molecule has 0 radical (unpaired) electrons. The van der Waals surface area contributed by atoms with Gasteiger partial charge in [-0.05, 0) is 12.1 Å². The number of nitrogens with one attached hydrogen (secondary N) is 1. The Morgan fingerprint density at radius 2 is 2.12 bits per heavy atom. The van der Waals surface area contributed by atoms with Gasteiger partial charge in [-0.25, -0.2) is 0 Å². The van der Waals surface area contributed by atoms with E-state index in [-0.39, 0.29) is 0 Å². The molecule has 3 rings (SSSR count). The zero-order valence-electron chi connectivity index (χ0n) is 8.00. The van der Waals surface area contributed by atoms with Crippen molar-refractivity contribution in [2.75, 3.05) is 0 Å². The Hall–Kier alpha value is -1.03. The number of fused-ring (bicyclic) bond motifs is 1. The molecule has 0 aromatic carbocycles. The van der Waals surface area contributed by atoms with Gasteiger partial charge in [0.25, 0.3) is 0 Å². The summed E-state index contributed by atoms with van der Waals surface area (Å²) >= 11 is 13.5. The smallest absolute Gasteiger partial charge is 0.107 e. The Morgan fingerprint density at radius 3 is 2.88 bits per heavy atom. The number of halogens is 2. The molecule has 16 heavy (non-hydrogen) atoms. The Morgan fingerprint density at radius 1 is 1.25 bits per heavy atom. The fourth-order valence-electron chi connectivity index (χ4n) is 1.57. The Balaban J connectivity index is 2.18. The summed E-state index contributed by atoms with van der Waals surface area (Å²) in [6.45, 7) is 0. The zero-order valence-corrected chi connectivity index (χ0v) is 10.3. The molecular weight excluding hydrogens is 263 g/mol. The van der Waals surface area contributed by atoms with Crippen LogP contribution in [0, 0.1) is 0 Å². The standard InChI is InChI=1S/C11H6Cl2N2S/c12-7-2-10(16-5-7)6-1-9-11(15-3-6)8(13)4-14-9/h1-5,14H. The first-order valence-electron chi connectivity index (χ1n) is 4.61. The maximum atomic E-state index is 5.96. The Bertz CT molecular complexity index is 657. The molecule has 3 aromatic rings. The van der Waals surface area contributed by atoms with Crippen LogP contribution < -0.4 is 0 Å². The lowest BCUT2D eigenvalue weighted by molar-refractivity contribution is 1.41. The molecule has 0 unspecified atom stereocenters. The molecule has 3 aromatic heterocycles. The number of hydrogen-bond donors (Lipinski definition) is 1. The van der Waals surface area contributed by atoms with Crippen LogP contribution in [0.5, 0.6) is 0 Å². The quantitative estimate of drug-likeness (QED) is 0.687. The maximum absolute atomic E-state index is 5.96. The van der Waals surface area contributed by atoms with Crippen molar-refractivity contribution in [3.05, 3.63) is 40.0 Å². The van der Waals surface area contributed by atoms with Crippen LogP contribution in [0.2, 0.25) is 10.0 Å². The highest BCUT2D eigenvalue weighted by atomic mass is 35.5. The van der Waals surface area contributed by atoms with Gasteiger partial charge in [-0.1, -0.05) is 23.2 Å². The summed E-state index contributed by atoms with van der Waals surface area (Å²) in [5, 5.41) is 3.30. The molecule has 3 heterocycles. The van der Waals surface area contributed by atoms with Gasteiger partial charge in [0, 0.05) is 28.2 Å². The number of nitrogens with zero attached hydrogens (tertiary/aromatic N) is 1. The number of pyridine rings is 1. The molecule has 80 valence electrons. The van der Waals surface area contributed by atoms with Crippen LogP contribution in [0.1, 0.15) is 0 Å². The lowest BCUT2D eigenvalue weighted by Gasteiger charge is -1.96. The minimum atomic E-state index is 0.644. The van der Waals surface area contributed by atoms with Gasteiger partial charge in [-0.2, -0.15) is 0 Å². The number of hydrogen-bond acceptors (Lipinski definition) is 2. The third-order valence-electron chi connectivity index (χ3n) is 2.32. The SMILES string of the molecule is Clc1csc(-c2cnc3c(Cl)c[nH]c3c2)c1.